The van der Waals surface area contributed by atoms with Gasteiger partial charge in [0.05, 0.1) is 21.9 Å². The summed E-state index contributed by atoms with van der Waals surface area (Å²) in [7, 11) is 0. The first-order valence-electron chi connectivity index (χ1n) is 8.42. The second-order valence-corrected chi connectivity index (χ2v) is 7.66. The van der Waals surface area contributed by atoms with E-state index >= 15 is 0 Å². The fourth-order valence-corrected chi connectivity index (χ4v) is 3.74. The van der Waals surface area contributed by atoms with Crippen molar-refractivity contribution in [2.24, 2.45) is 5.10 Å². The molecule has 3 aromatic rings. The minimum atomic E-state index is -0.501. The van der Waals surface area contributed by atoms with Gasteiger partial charge in [0.1, 0.15) is 5.75 Å². The molecule has 146 valence electrons. The molecule has 0 aliphatic rings. The van der Waals surface area contributed by atoms with Crippen molar-refractivity contribution in [2.75, 3.05) is 5.32 Å². The van der Waals surface area contributed by atoms with Crippen LogP contribution in [-0.4, -0.2) is 23.1 Å². The molecule has 0 bridgehead atoms. The summed E-state index contributed by atoms with van der Waals surface area (Å²) < 4.78 is 1.23. The molecule has 8 heteroatoms. The number of nitrogens with one attached hydrogen (secondary N) is 2. The van der Waals surface area contributed by atoms with Gasteiger partial charge in [0.25, 0.3) is 11.8 Å². The normalized spacial score (nSPS) is 10.7. The highest BCUT2D eigenvalue weighted by Gasteiger charge is 2.13. The van der Waals surface area contributed by atoms with Gasteiger partial charge in [-0.15, -0.1) is 0 Å². The molecule has 0 spiro atoms. The number of hydrogen-bond donors (Lipinski definition) is 3. The van der Waals surface area contributed by atoms with E-state index in [4.69, 9.17) is 0 Å². The monoisotopic (exact) mass is 515 g/mol. The summed E-state index contributed by atoms with van der Waals surface area (Å²) in [4.78, 5) is 24.9. The molecule has 6 nitrogen and oxygen atoms in total. The topological polar surface area (TPSA) is 90.8 Å². The van der Waals surface area contributed by atoms with Crippen molar-refractivity contribution in [1.82, 2.24) is 5.43 Å². The molecule has 29 heavy (non-hydrogen) atoms. The number of nitrogens with zero attached hydrogens (tertiary/aromatic N) is 1. The number of carbonyl (C=O) groups excluding carboxylic acids is 2. The van der Waals surface area contributed by atoms with Crippen LogP contribution in [0.3, 0.4) is 0 Å². The van der Waals surface area contributed by atoms with Gasteiger partial charge in [0.2, 0.25) is 0 Å². The summed E-state index contributed by atoms with van der Waals surface area (Å²) in [5.74, 6) is -0.821. The van der Waals surface area contributed by atoms with Gasteiger partial charge in [0.15, 0.2) is 0 Å². The van der Waals surface area contributed by atoms with Crippen LogP contribution in [0, 0.1) is 0 Å². The number of anilines is 1. The molecule has 0 aliphatic heterocycles. The zero-order valence-corrected chi connectivity index (χ0v) is 18.1. The van der Waals surface area contributed by atoms with E-state index in [-0.39, 0.29) is 17.2 Å². The van der Waals surface area contributed by atoms with Crippen molar-refractivity contribution >= 4 is 55.6 Å². The lowest BCUT2D eigenvalue weighted by Gasteiger charge is -2.10. The molecule has 3 rings (SSSR count). The minimum absolute atomic E-state index is 0.00160. The van der Waals surface area contributed by atoms with Gasteiger partial charge >= 0.3 is 0 Å². The van der Waals surface area contributed by atoms with E-state index in [0.29, 0.717) is 21.3 Å². The molecule has 3 aromatic carbocycles. The number of rotatable bonds is 5. The molecule has 0 unspecified atom stereocenters. The fraction of sp³-hybridized carbons (Fsp3) is 0. The Hall–Kier alpha value is -2.97. The van der Waals surface area contributed by atoms with Gasteiger partial charge in [-0.3, -0.25) is 9.59 Å². The van der Waals surface area contributed by atoms with E-state index in [1.807, 2.05) is 6.07 Å². The van der Waals surface area contributed by atoms with Crippen molar-refractivity contribution in [3.05, 3.63) is 92.4 Å². The van der Waals surface area contributed by atoms with E-state index in [1.165, 1.54) is 6.21 Å². The number of carbonyl (C=O) groups is 2. The van der Waals surface area contributed by atoms with Gasteiger partial charge in [-0.05, 0) is 52.3 Å². The number of halogens is 2. The van der Waals surface area contributed by atoms with Crippen LogP contribution in [0.1, 0.15) is 26.3 Å². The smallest absolute Gasteiger partial charge is 0.273 e. The Kier molecular flexibility index (Phi) is 6.79. The first-order chi connectivity index (χ1) is 14.0. The largest absolute Gasteiger partial charge is 0.506 e. The molecule has 0 saturated heterocycles. The summed E-state index contributed by atoms with van der Waals surface area (Å²) in [6.45, 7) is 0. The zero-order chi connectivity index (χ0) is 20.8. The Balaban J connectivity index is 1.74. The van der Waals surface area contributed by atoms with Crippen LogP contribution in [0.4, 0.5) is 5.69 Å². The molecule has 0 aliphatic carbocycles. The fourth-order valence-electron chi connectivity index (χ4n) is 2.48. The van der Waals surface area contributed by atoms with Crippen LogP contribution in [-0.2, 0) is 0 Å². The molecule has 0 radical (unpaired) electrons. The van der Waals surface area contributed by atoms with E-state index in [2.05, 4.69) is 47.7 Å². The van der Waals surface area contributed by atoms with E-state index < -0.39 is 5.91 Å². The summed E-state index contributed by atoms with van der Waals surface area (Å²) in [6, 6.07) is 18.7. The summed E-state index contributed by atoms with van der Waals surface area (Å²) in [6.07, 6.45) is 1.33. The Labute approximate surface area is 183 Å². The Bertz CT molecular complexity index is 1090. The van der Waals surface area contributed by atoms with Crippen molar-refractivity contribution < 1.29 is 14.7 Å². The lowest BCUT2D eigenvalue weighted by molar-refractivity contribution is 0.0956. The molecule has 0 aromatic heterocycles. The summed E-state index contributed by atoms with van der Waals surface area (Å²) >= 11 is 6.56. The van der Waals surface area contributed by atoms with Crippen LogP contribution >= 0.6 is 31.9 Å². The average molecular weight is 517 g/mol. The van der Waals surface area contributed by atoms with Crippen LogP contribution < -0.4 is 10.7 Å². The third-order valence-electron chi connectivity index (χ3n) is 3.88. The van der Waals surface area contributed by atoms with Crippen LogP contribution in [0.15, 0.2) is 80.8 Å². The van der Waals surface area contributed by atoms with E-state index in [0.717, 1.165) is 4.47 Å². The zero-order valence-electron chi connectivity index (χ0n) is 14.9. The van der Waals surface area contributed by atoms with Crippen LogP contribution in [0.25, 0.3) is 0 Å². The summed E-state index contributed by atoms with van der Waals surface area (Å²) in [5, 5.41) is 16.7. The molecule has 3 N–H and O–H groups in total. The molecule has 2 amide bonds. The molecular formula is C21H15Br2N3O3. The van der Waals surface area contributed by atoms with Crippen molar-refractivity contribution in [1.29, 1.82) is 0 Å². The maximum atomic E-state index is 12.5. The first-order valence-corrected chi connectivity index (χ1v) is 10.0. The minimum Gasteiger partial charge on any atom is -0.506 e. The number of hydrogen-bond acceptors (Lipinski definition) is 4. The van der Waals surface area contributed by atoms with E-state index in [9.17, 15) is 14.7 Å². The SMILES string of the molecule is O=C(Nc1ccccc1C(=O)N/N=C\c1cc(Br)cc(Br)c1O)c1ccccc1. The quantitative estimate of drug-likeness (QED) is 0.331. The van der Waals surface area contributed by atoms with Gasteiger partial charge < -0.3 is 10.4 Å². The van der Waals surface area contributed by atoms with Crippen LogP contribution in [0.2, 0.25) is 0 Å². The number of phenols is 1. The number of para-hydroxylation sites is 1. The lowest BCUT2D eigenvalue weighted by Crippen LogP contribution is -2.21. The number of phenolic OH excluding ortho intramolecular Hbond substituents is 1. The van der Waals surface area contributed by atoms with Gasteiger partial charge in [-0.1, -0.05) is 46.3 Å². The number of benzene rings is 3. The number of hydrazone groups is 1. The predicted molar refractivity (Wildman–Crippen MR) is 119 cm³/mol. The van der Waals surface area contributed by atoms with Crippen molar-refractivity contribution in [2.45, 2.75) is 0 Å². The number of aromatic hydroxyl groups is 1. The Morgan fingerprint density at radius 1 is 0.931 bits per heavy atom. The maximum absolute atomic E-state index is 12.5. The van der Waals surface area contributed by atoms with Crippen molar-refractivity contribution in [3.8, 4) is 5.75 Å². The third-order valence-corrected chi connectivity index (χ3v) is 4.95. The second-order valence-electron chi connectivity index (χ2n) is 5.89. The van der Waals surface area contributed by atoms with Crippen molar-refractivity contribution in [3.63, 3.8) is 0 Å². The van der Waals surface area contributed by atoms with Gasteiger partial charge in [-0.25, -0.2) is 5.43 Å². The highest BCUT2D eigenvalue weighted by Crippen LogP contribution is 2.30. The third kappa shape index (κ3) is 5.30. The molecule has 0 heterocycles. The number of amides is 2. The molecule has 0 saturated carbocycles. The Morgan fingerprint density at radius 2 is 1.62 bits per heavy atom. The standard InChI is InChI=1S/C21H15Br2N3O3/c22-15-10-14(19(27)17(23)11-15)12-24-26-21(29)16-8-4-5-9-18(16)25-20(28)13-6-2-1-3-7-13/h1-12,27H,(H,25,28)(H,26,29)/b24-12-. The predicted octanol–water partition coefficient (Wildman–Crippen LogP) is 4.93. The maximum Gasteiger partial charge on any atom is 0.273 e. The highest BCUT2D eigenvalue weighted by atomic mass is 79.9. The second kappa shape index (κ2) is 9.49. The molecular weight excluding hydrogens is 502 g/mol. The summed E-state index contributed by atoms with van der Waals surface area (Å²) in [5.41, 5.74) is 3.92. The lowest BCUT2D eigenvalue weighted by atomic mass is 10.1. The average Bonchev–Trinajstić information content (AvgIpc) is 2.72. The van der Waals surface area contributed by atoms with Gasteiger partial charge in [0, 0.05) is 15.6 Å². The molecule has 0 fully saturated rings. The Morgan fingerprint density at radius 3 is 2.38 bits per heavy atom. The first kappa shape index (κ1) is 20.8. The molecule has 0 atom stereocenters. The van der Waals surface area contributed by atoms with Gasteiger partial charge in [-0.2, -0.15) is 5.10 Å². The highest BCUT2D eigenvalue weighted by molar-refractivity contribution is 9.11. The van der Waals surface area contributed by atoms with E-state index in [1.54, 1.807) is 60.7 Å². The van der Waals surface area contributed by atoms with Crippen LogP contribution in [0.5, 0.6) is 5.75 Å².